The number of rotatable bonds is 14. The van der Waals surface area contributed by atoms with Gasteiger partial charge in [0, 0.05) is 17.3 Å². The highest BCUT2D eigenvalue weighted by atomic mass is 32.2. The smallest absolute Gasteiger partial charge is 0.351 e. The lowest BCUT2D eigenvalue weighted by Crippen LogP contribution is -2.43. The second-order valence-electron chi connectivity index (χ2n) is 5.13. The molecule has 0 aliphatic rings. The first-order valence-corrected chi connectivity index (χ1v) is 10.8. The van der Waals surface area contributed by atoms with Crippen molar-refractivity contribution in [2.45, 2.75) is 58.5 Å². The van der Waals surface area contributed by atoms with Crippen LogP contribution in [0.5, 0.6) is 0 Å². The summed E-state index contributed by atoms with van der Waals surface area (Å²) in [6.45, 7) is 5.74. The molecule has 0 saturated carbocycles. The largest absolute Gasteiger partial charge is 0.391 e. The minimum Gasteiger partial charge on any atom is -0.391 e. The van der Waals surface area contributed by atoms with E-state index in [-0.39, 0.29) is 0 Å². The normalized spacial score (nSPS) is 11.0. The van der Waals surface area contributed by atoms with Gasteiger partial charge in [0.1, 0.15) is 0 Å². The number of hydrogen-bond donors (Lipinski definition) is 1. The topological polar surface area (TPSA) is 99.1 Å². The third kappa shape index (κ3) is 11.6. The number of aliphatic hydroxyl groups is 1. The van der Waals surface area contributed by atoms with Crippen molar-refractivity contribution in [1.82, 2.24) is 0 Å². The summed E-state index contributed by atoms with van der Waals surface area (Å²) in [5, 5.41) is 10.5. The van der Waals surface area contributed by atoms with Gasteiger partial charge in [-0.3, -0.25) is 9.59 Å². The van der Waals surface area contributed by atoms with Crippen molar-refractivity contribution in [2.24, 2.45) is 0 Å². The summed E-state index contributed by atoms with van der Waals surface area (Å²) in [4.78, 5) is 35.8. The van der Waals surface area contributed by atoms with Gasteiger partial charge in [-0.25, -0.2) is 4.79 Å². The molecule has 0 atom stereocenters. The Balaban J connectivity index is 4.80. The van der Waals surface area contributed by atoms with Gasteiger partial charge in [0.25, 0.3) is 0 Å². The van der Waals surface area contributed by atoms with Gasteiger partial charge in [-0.1, -0.05) is 20.8 Å². The molecule has 0 aliphatic heterocycles. The van der Waals surface area contributed by atoms with Gasteiger partial charge >= 0.3 is 17.9 Å². The van der Waals surface area contributed by atoms with Crippen molar-refractivity contribution in [1.29, 1.82) is 0 Å². The van der Waals surface area contributed by atoms with Crippen LogP contribution in [0.4, 0.5) is 0 Å². The summed E-state index contributed by atoms with van der Waals surface area (Å²) in [5.41, 5.74) is -2.31. The summed E-state index contributed by atoms with van der Waals surface area (Å²) in [6.07, 6.45) is 1.02. The van der Waals surface area contributed by atoms with Crippen molar-refractivity contribution >= 4 is 54.0 Å². The Morgan fingerprint density at radius 2 is 1.12 bits per heavy atom. The van der Waals surface area contributed by atoms with E-state index in [1.54, 1.807) is 0 Å². The molecule has 25 heavy (non-hydrogen) atoms. The average molecular weight is 415 g/mol. The van der Waals surface area contributed by atoms with Crippen LogP contribution in [0.1, 0.15) is 52.9 Å². The Labute approximate surface area is 161 Å². The molecule has 0 fully saturated rings. The molecule has 0 spiro atoms. The first kappa shape index (κ1) is 24.4. The predicted octanol–water partition coefficient (Wildman–Crippen LogP) is 3.30. The zero-order chi connectivity index (χ0) is 19.1. The quantitative estimate of drug-likeness (QED) is 0.336. The van der Waals surface area contributed by atoms with Gasteiger partial charge in [0.2, 0.25) is 0 Å². The van der Waals surface area contributed by atoms with Crippen LogP contribution in [0.3, 0.4) is 0 Å². The van der Waals surface area contributed by atoms with Crippen molar-refractivity contribution < 1.29 is 32.0 Å². The highest BCUT2D eigenvalue weighted by Gasteiger charge is 2.44. The molecule has 0 aliphatic carbocycles. The summed E-state index contributed by atoms with van der Waals surface area (Å²) in [7, 11) is 0. The average Bonchev–Trinajstić information content (AvgIpc) is 2.55. The maximum atomic E-state index is 12.1. The summed E-state index contributed by atoms with van der Waals surface area (Å²) < 4.78 is 14.7. The van der Waals surface area contributed by atoms with Crippen LogP contribution in [0.2, 0.25) is 0 Å². The minimum atomic E-state index is -2.31. The molecule has 0 rings (SSSR count). The Bertz CT molecular complexity index is 394. The molecule has 1 N–H and O–H groups in total. The van der Waals surface area contributed by atoms with Crippen LogP contribution in [0, 0.1) is 0 Å². The Morgan fingerprint density at radius 3 is 1.48 bits per heavy atom. The van der Waals surface area contributed by atoms with Crippen molar-refractivity contribution in [3.8, 4) is 0 Å². The zero-order valence-corrected chi connectivity index (χ0v) is 17.2. The SMILES string of the molecule is CCCSOC(=O)CC(O)(CC(=O)OSCCC)C(=O)OSCCC. The van der Waals surface area contributed by atoms with Crippen molar-refractivity contribution in [2.75, 3.05) is 17.3 Å². The van der Waals surface area contributed by atoms with Crippen LogP contribution in [-0.2, 0) is 26.9 Å². The molecule has 0 heterocycles. The summed E-state index contributed by atoms with van der Waals surface area (Å²) in [6, 6.07) is 0. The zero-order valence-electron chi connectivity index (χ0n) is 14.8. The highest BCUT2D eigenvalue weighted by molar-refractivity contribution is 7.95. The van der Waals surface area contributed by atoms with E-state index in [1.165, 1.54) is 0 Å². The van der Waals surface area contributed by atoms with Gasteiger partial charge in [-0.05, 0) is 19.3 Å². The minimum absolute atomic E-state index is 0.537. The fourth-order valence-corrected chi connectivity index (χ4v) is 2.77. The van der Waals surface area contributed by atoms with E-state index < -0.39 is 36.4 Å². The highest BCUT2D eigenvalue weighted by Crippen LogP contribution is 2.24. The third-order valence-corrected chi connectivity index (χ3v) is 5.16. The lowest BCUT2D eigenvalue weighted by Gasteiger charge is -2.23. The number of carbonyl (C=O) groups excluding carboxylic acids is 3. The van der Waals surface area contributed by atoms with E-state index in [0.717, 1.165) is 55.4 Å². The Morgan fingerprint density at radius 1 is 0.760 bits per heavy atom. The molecule has 0 aromatic heterocycles. The standard InChI is InChI=1S/C15H26O7S3/c1-4-7-23-20-12(16)10-15(19,14(18)22-25-9-6-3)11-13(17)21-24-8-5-2/h19H,4-11H2,1-3H3. The molecule has 7 nitrogen and oxygen atoms in total. The Hall–Kier alpha value is -0.580. The van der Waals surface area contributed by atoms with Gasteiger partial charge < -0.3 is 17.7 Å². The van der Waals surface area contributed by atoms with E-state index in [9.17, 15) is 19.5 Å². The monoisotopic (exact) mass is 414 g/mol. The van der Waals surface area contributed by atoms with Crippen LogP contribution in [0.25, 0.3) is 0 Å². The molecule has 146 valence electrons. The molecule has 10 heteroatoms. The van der Waals surface area contributed by atoms with Crippen LogP contribution < -0.4 is 0 Å². The van der Waals surface area contributed by atoms with Gasteiger partial charge in [0.15, 0.2) is 5.60 Å². The molecular formula is C15H26O7S3. The fraction of sp³-hybridized carbons (Fsp3) is 0.800. The van der Waals surface area contributed by atoms with Crippen LogP contribution in [0.15, 0.2) is 0 Å². The second kappa shape index (κ2) is 14.6. The first-order valence-electron chi connectivity index (χ1n) is 8.10. The molecule has 0 aromatic rings. The molecule has 0 saturated heterocycles. The molecule has 0 bridgehead atoms. The molecule has 0 radical (unpaired) electrons. The van der Waals surface area contributed by atoms with E-state index in [0.29, 0.717) is 17.3 Å². The maximum Gasteiger partial charge on any atom is 0.351 e. The van der Waals surface area contributed by atoms with Gasteiger partial charge in [-0.15, -0.1) is 0 Å². The van der Waals surface area contributed by atoms with Crippen molar-refractivity contribution in [3.63, 3.8) is 0 Å². The molecular weight excluding hydrogens is 388 g/mol. The predicted molar refractivity (Wildman–Crippen MR) is 101 cm³/mol. The lowest BCUT2D eigenvalue weighted by molar-refractivity contribution is -0.165. The van der Waals surface area contributed by atoms with Crippen LogP contribution in [-0.4, -0.2) is 45.9 Å². The van der Waals surface area contributed by atoms with E-state index >= 15 is 0 Å². The van der Waals surface area contributed by atoms with E-state index in [2.05, 4.69) is 0 Å². The van der Waals surface area contributed by atoms with E-state index in [4.69, 9.17) is 12.5 Å². The van der Waals surface area contributed by atoms with E-state index in [1.807, 2.05) is 20.8 Å². The van der Waals surface area contributed by atoms with Crippen LogP contribution >= 0.6 is 36.1 Å². The second-order valence-corrected chi connectivity index (χ2v) is 7.56. The lowest BCUT2D eigenvalue weighted by atomic mass is 9.96. The summed E-state index contributed by atoms with van der Waals surface area (Å²) in [5.74, 6) is -0.927. The van der Waals surface area contributed by atoms with Gasteiger partial charge in [-0.2, -0.15) is 0 Å². The molecule has 0 unspecified atom stereocenters. The van der Waals surface area contributed by atoms with Crippen molar-refractivity contribution in [3.05, 3.63) is 0 Å². The Kier molecular flexibility index (Phi) is 14.2. The first-order chi connectivity index (χ1) is 11.9. The summed E-state index contributed by atoms with van der Waals surface area (Å²) >= 11 is 2.73. The maximum absolute atomic E-state index is 12.1. The number of carbonyl (C=O) groups is 3. The fourth-order valence-electron chi connectivity index (χ4n) is 1.38. The molecule has 0 amide bonds. The number of hydrogen-bond acceptors (Lipinski definition) is 10. The van der Waals surface area contributed by atoms with Gasteiger partial charge in [0.05, 0.1) is 49.0 Å². The molecule has 0 aromatic carbocycles. The third-order valence-electron chi connectivity index (χ3n) is 2.55.